The van der Waals surface area contributed by atoms with Gasteiger partial charge in [-0.2, -0.15) is 4.91 Å². The fourth-order valence-corrected chi connectivity index (χ4v) is 12.8. The molecule has 0 amide bonds. The molecule has 5 saturated carbocycles. The lowest BCUT2D eigenvalue weighted by molar-refractivity contribution is -0.249. The molecule has 0 aromatic carbocycles. The van der Waals surface area contributed by atoms with Crippen LogP contribution >= 0.6 is 0 Å². The van der Waals surface area contributed by atoms with E-state index in [1.54, 1.807) is 0 Å². The van der Waals surface area contributed by atoms with Crippen molar-refractivity contribution >= 4 is 0 Å². The van der Waals surface area contributed by atoms with Crippen molar-refractivity contribution in [1.29, 1.82) is 0 Å². The minimum Gasteiger partial charge on any atom is -0.353 e. The van der Waals surface area contributed by atoms with Crippen LogP contribution in [0, 0.1) is 61.6 Å². The van der Waals surface area contributed by atoms with Gasteiger partial charge in [0.1, 0.15) is 0 Å². The van der Waals surface area contributed by atoms with Crippen LogP contribution in [0.1, 0.15) is 125 Å². The number of allylic oxidation sites excluding steroid dienone is 1. The second-order valence-electron chi connectivity index (χ2n) is 16.6. The van der Waals surface area contributed by atoms with E-state index in [4.69, 9.17) is 9.47 Å². The molecule has 4 nitrogen and oxygen atoms in total. The maximum atomic E-state index is 11.8. The number of fused-ring (bicyclic) bond motifs is 7. The zero-order valence-electron chi connectivity index (χ0n) is 26.0. The second-order valence-corrected chi connectivity index (χ2v) is 16.6. The molecule has 1 aliphatic heterocycles. The fraction of sp³-hybridized carbons (Fsp3) is 0.943. The molecule has 6 aliphatic rings. The minimum absolute atomic E-state index is 0.00454. The lowest BCUT2D eigenvalue weighted by Gasteiger charge is -2.73. The Bertz CT molecular complexity index is 971. The molecule has 1 heterocycles. The standard InChI is InChI=1S/C35H57NO3/c1-23(2)24-13-18-35(22-39-29-10-8-9-21-38-29)20-19-33(6)25(30(24)35)11-12-27-32(5)16-15-28(36-37)31(3,4)26(32)14-17-34(27,33)7/h24-30H,1,8-22H2,2-7H3/t24-,25+,26-,27+,28?,29?,30+,32-,33+,34+,35+/m0/s1. The van der Waals surface area contributed by atoms with Gasteiger partial charge in [0.15, 0.2) is 6.29 Å². The zero-order chi connectivity index (χ0) is 27.8. The molecule has 5 aliphatic carbocycles. The van der Waals surface area contributed by atoms with E-state index in [2.05, 4.69) is 53.3 Å². The number of hydrogen-bond acceptors (Lipinski definition) is 4. The lowest BCUT2D eigenvalue weighted by atomic mass is 9.32. The molecule has 220 valence electrons. The van der Waals surface area contributed by atoms with Crippen molar-refractivity contribution in [2.45, 2.75) is 137 Å². The van der Waals surface area contributed by atoms with E-state index in [9.17, 15) is 4.91 Å². The van der Waals surface area contributed by atoms with Crippen LogP contribution in [0.15, 0.2) is 17.3 Å². The Morgan fingerprint density at radius 1 is 0.872 bits per heavy atom. The highest BCUT2D eigenvalue weighted by Crippen LogP contribution is 2.77. The summed E-state index contributed by atoms with van der Waals surface area (Å²) in [5, 5.41) is 3.66. The molecule has 0 spiro atoms. The smallest absolute Gasteiger partial charge is 0.157 e. The monoisotopic (exact) mass is 539 g/mol. The summed E-state index contributed by atoms with van der Waals surface area (Å²) in [6.45, 7) is 21.4. The van der Waals surface area contributed by atoms with Crippen LogP contribution in [0.3, 0.4) is 0 Å². The molecule has 11 atom stereocenters. The highest BCUT2D eigenvalue weighted by atomic mass is 16.7. The Balaban J connectivity index is 1.31. The first-order chi connectivity index (χ1) is 18.4. The van der Waals surface area contributed by atoms with Crippen LogP contribution in [0.5, 0.6) is 0 Å². The third kappa shape index (κ3) is 3.95. The maximum Gasteiger partial charge on any atom is 0.157 e. The summed E-state index contributed by atoms with van der Waals surface area (Å²) in [5.41, 5.74) is 2.70. The van der Waals surface area contributed by atoms with Gasteiger partial charge in [0, 0.05) is 6.61 Å². The van der Waals surface area contributed by atoms with Crippen LogP contribution < -0.4 is 0 Å². The fourth-order valence-electron chi connectivity index (χ4n) is 12.8. The van der Waals surface area contributed by atoms with E-state index in [1.165, 1.54) is 76.2 Å². The normalized spacial score (nSPS) is 52.6. The van der Waals surface area contributed by atoms with Crippen molar-refractivity contribution in [3.8, 4) is 0 Å². The third-order valence-electron chi connectivity index (χ3n) is 15.0. The van der Waals surface area contributed by atoms with Crippen molar-refractivity contribution in [2.24, 2.45) is 61.8 Å². The lowest BCUT2D eigenvalue weighted by Crippen LogP contribution is -2.66. The molecule has 1 saturated heterocycles. The summed E-state index contributed by atoms with van der Waals surface area (Å²) in [6.07, 6.45) is 16.1. The number of ether oxygens (including phenoxy) is 2. The summed E-state index contributed by atoms with van der Waals surface area (Å²) in [6, 6.07) is -0.0230. The maximum absolute atomic E-state index is 11.8. The molecule has 0 N–H and O–H groups in total. The van der Waals surface area contributed by atoms with E-state index in [0.29, 0.717) is 34.0 Å². The van der Waals surface area contributed by atoms with Gasteiger partial charge in [0.05, 0.1) is 12.6 Å². The summed E-state index contributed by atoms with van der Waals surface area (Å²) >= 11 is 0. The molecule has 39 heavy (non-hydrogen) atoms. The molecular weight excluding hydrogens is 482 g/mol. The largest absolute Gasteiger partial charge is 0.353 e. The number of nitroso groups, excluding NO2 is 1. The van der Waals surface area contributed by atoms with Gasteiger partial charge in [-0.15, -0.1) is 0 Å². The number of hydrogen-bond donors (Lipinski definition) is 0. The quantitative estimate of drug-likeness (QED) is 0.258. The summed E-state index contributed by atoms with van der Waals surface area (Å²) in [4.78, 5) is 11.8. The second kappa shape index (κ2) is 9.65. The average Bonchev–Trinajstić information content (AvgIpc) is 3.29. The summed E-state index contributed by atoms with van der Waals surface area (Å²) in [5.74, 6) is 3.40. The molecule has 0 aromatic heterocycles. The first-order valence-electron chi connectivity index (χ1n) is 16.6. The van der Waals surface area contributed by atoms with Gasteiger partial charge in [-0.1, -0.05) is 51.9 Å². The predicted molar refractivity (Wildman–Crippen MR) is 158 cm³/mol. The minimum atomic E-state index is -0.0230. The average molecular weight is 540 g/mol. The third-order valence-corrected chi connectivity index (χ3v) is 15.0. The van der Waals surface area contributed by atoms with Crippen LogP contribution in [-0.2, 0) is 9.47 Å². The molecule has 2 unspecified atom stereocenters. The Kier molecular flexibility index (Phi) is 7.02. The highest BCUT2D eigenvalue weighted by Gasteiger charge is 2.71. The van der Waals surface area contributed by atoms with Gasteiger partial charge >= 0.3 is 0 Å². The van der Waals surface area contributed by atoms with Gasteiger partial charge in [0.25, 0.3) is 0 Å². The van der Waals surface area contributed by atoms with E-state index >= 15 is 0 Å². The zero-order valence-corrected chi connectivity index (χ0v) is 26.0. The van der Waals surface area contributed by atoms with Gasteiger partial charge in [0.2, 0.25) is 0 Å². The highest BCUT2D eigenvalue weighted by molar-refractivity contribution is 5.21. The predicted octanol–water partition coefficient (Wildman–Crippen LogP) is 9.32. The van der Waals surface area contributed by atoms with Crippen LogP contribution in [-0.4, -0.2) is 25.5 Å². The first kappa shape index (κ1) is 28.4. The van der Waals surface area contributed by atoms with E-state index in [0.717, 1.165) is 37.9 Å². The molecule has 6 fully saturated rings. The van der Waals surface area contributed by atoms with Crippen molar-refractivity contribution in [3.63, 3.8) is 0 Å². The topological polar surface area (TPSA) is 47.9 Å². The summed E-state index contributed by atoms with van der Waals surface area (Å²) < 4.78 is 12.7. The van der Waals surface area contributed by atoms with Gasteiger partial charge in [-0.3, -0.25) is 0 Å². The Morgan fingerprint density at radius 2 is 1.67 bits per heavy atom. The number of rotatable bonds is 5. The van der Waals surface area contributed by atoms with Crippen LogP contribution in [0.2, 0.25) is 0 Å². The summed E-state index contributed by atoms with van der Waals surface area (Å²) in [7, 11) is 0. The Morgan fingerprint density at radius 3 is 2.36 bits per heavy atom. The van der Waals surface area contributed by atoms with Crippen molar-refractivity contribution in [1.82, 2.24) is 0 Å². The first-order valence-corrected chi connectivity index (χ1v) is 16.6. The van der Waals surface area contributed by atoms with Crippen molar-refractivity contribution in [3.05, 3.63) is 17.1 Å². The molecule has 4 heteroatoms. The molecular formula is C35H57NO3. The van der Waals surface area contributed by atoms with E-state index < -0.39 is 0 Å². The van der Waals surface area contributed by atoms with Gasteiger partial charge in [-0.05, 0) is 147 Å². The molecule has 6 rings (SSSR count). The molecule has 0 aromatic rings. The van der Waals surface area contributed by atoms with Gasteiger partial charge < -0.3 is 9.47 Å². The van der Waals surface area contributed by atoms with Crippen molar-refractivity contribution < 1.29 is 9.47 Å². The molecule has 0 radical (unpaired) electrons. The Hall–Kier alpha value is -0.740. The van der Waals surface area contributed by atoms with Gasteiger partial charge in [-0.25, -0.2) is 0 Å². The molecule has 0 bridgehead atoms. The van der Waals surface area contributed by atoms with E-state index in [-0.39, 0.29) is 23.2 Å². The van der Waals surface area contributed by atoms with Crippen LogP contribution in [0.4, 0.5) is 0 Å². The Labute approximate surface area is 238 Å². The number of nitrogens with zero attached hydrogens (tertiary/aromatic N) is 1. The SMILES string of the molecule is C=C(C)[C@@H]1CC[C@]2(COC3CCCCO3)CC[C@]3(C)[C@H](CC[C@@H]4[C@@]5(C)CCC(N=O)C(C)(C)[C@@H]5CC[C@]43C)[C@@H]12. The van der Waals surface area contributed by atoms with Crippen LogP contribution in [0.25, 0.3) is 0 Å². The van der Waals surface area contributed by atoms with E-state index in [1.807, 2.05) is 0 Å². The van der Waals surface area contributed by atoms with Crippen molar-refractivity contribution in [2.75, 3.05) is 13.2 Å².